The SMILES string of the molecule is COc1ccc(Br)c(CN(Cc2cccc(CN3C(C(=O)N[C@H]4C[C@H]5C[C@@H]([C@@H]4C)C5(C)C)CCS3(=O)=O)c2)[C@H](CN(C)C)CC(C)(C)C)c1O. The number of hydrogen-bond donors (Lipinski definition) is 2. The van der Waals surface area contributed by atoms with Crippen LogP contribution in [-0.2, 0) is 34.5 Å². The highest BCUT2D eigenvalue weighted by molar-refractivity contribution is 9.10. The molecule has 4 aliphatic rings. The van der Waals surface area contributed by atoms with Gasteiger partial charge in [-0.05, 0) is 91.6 Å². The Bertz CT molecular complexity index is 1640. The summed E-state index contributed by atoms with van der Waals surface area (Å²) in [7, 11) is 2.13. The van der Waals surface area contributed by atoms with Gasteiger partial charge in [-0.15, -0.1) is 0 Å². The number of likely N-dealkylation sites (N-methyl/N-ethyl adjacent to an activating group) is 1. The lowest BCUT2D eigenvalue weighted by atomic mass is 9.45. The summed E-state index contributed by atoms with van der Waals surface area (Å²) in [6.07, 6.45) is 3.42. The quantitative estimate of drug-likeness (QED) is 0.236. The Labute approximate surface area is 309 Å². The number of halogens is 1. The number of carbonyl (C=O) groups is 1. The number of sulfonamides is 1. The predicted octanol–water partition coefficient (Wildman–Crippen LogP) is 6.62. The van der Waals surface area contributed by atoms with Crippen molar-refractivity contribution in [3.63, 3.8) is 0 Å². The average molecular weight is 776 g/mol. The largest absolute Gasteiger partial charge is 0.504 e. The normalized spacial score (nSPS) is 26.5. The lowest BCUT2D eigenvalue weighted by molar-refractivity contribution is -0.136. The highest BCUT2D eigenvalue weighted by Gasteiger charge is 2.56. The number of aromatic hydroxyl groups is 1. The van der Waals surface area contributed by atoms with E-state index in [0.717, 1.165) is 40.5 Å². The van der Waals surface area contributed by atoms with Crippen LogP contribution in [0.1, 0.15) is 83.9 Å². The number of ether oxygens (including phenoxy) is 1. The van der Waals surface area contributed by atoms with E-state index in [-0.39, 0.29) is 41.5 Å². The summed E-state index contributed by atoms with van der Waals surface area (Å²) in [6, 6.07) is 11.3. The molecule has 0 spiro atoms. The molecule has 2 bridgehead atoms. The number of carbonyl (C=O) groups excluding carboxylic acids is 1. The molecule has 11 heteroatoms. The molecule has 2 aromatic carbocycles. The fourth-order valence-electron chi connectivity index (χ4n) is 8.91. The minimum atomic E-state index is -3.58. The molecule has 9 nitrogen and oxygen atoms in total. The first-order valence-electron chi connectivity index (χ1n) is 18.1. The Morgan fingerprint density at radius 3 is 2.46 bits per heavy atom. The number of nitrogens with zero attached hydrogens (tertiary/aromatic N) is 3. The summed E-state index contributed by atoms with van der Waals surface area (Å²) in [5, 5.41) is 14.5. The summed E-state index contributed by atoms with van der Waals surface area (Å²) in [5.74, 6) is 1.93. The standard InChI is InChI=1S/C39H59BrN4O5S/c1-25-31-18-28(39(31,5)6)19-33(25)41-37(46)34-15-16-50(47,48)44(34)22-27-12-10-11-26(17-27)21-43(29(23-42(7)8)20-38(2,3)4)24-30-32(40)13-14-35(49-9)36(30)45/h10-14,17,25,28-29,31,33-34,45H,15-16,18-24H2,1-9H3,(H,41,46)/t25-,28+,29-,31-,33-,34?/m0/s1. The number of benzene rings is 2. The predicted molar refractivity (Wildman–Crippen MR) is 203 cm³/mol. The summed E-state index contributed by atoms with van der Waals surface area (Å²) < 4.78 is 34.5. The van der Waals surface area contributed by atoms with Gasteiger partial charge in [0.1, 0.15) is 6.04 Å². The molecule has 6 atom stereocenters. The number of phenols is 1. The van der Waals surface area contributed by atoms with Crippen LogP contribution in [-0.4, -0.2) is 85.2 Å². The van der Waals surface area contributed by atoms with Gasteiger partial charge in [0.25, 0.3) is 0 Å². The molecule has 1 aliphatic heterocycles. The van der Waals surface area contributed by atoms with Crippen LogP contribution < -0.4 is 10.1 Å². The van der Waals surface area contributed by atoms with E-state index >= 15 is 0 Å². The third kappa shape index (κ3) is 8.54. The lowest BCUT2D eigenvalue weighted by Crippen LogP contribution is -2.61. The molecule has 1 amide bonds. The molecule has 278 valence electrons. The highest BCUT2D eigenvalue weighted by Crippen LogP contribution is 2.61. The zero-order valence-electron chi connectivity index (χ0n) is 31.5. The van der Waals surface area contributed by atoms with E-state index < -0.39 is 16.1 Å². The van der Waals surface area contributed by atoms with E-state index in [9.17, 15) is 18.3 Å². The topological polar surface area (TPSA) is 102 Å². The van der Waals surface area contributed by atoms with Crippen LogP contribution in [0.4, 0.5) is 0 Å². The van der Waals surface area contributed by atoms with Crippen LogP contribution in [0.3, 0.4) is 0 Å². The molecule has 2 aromatic rings. The number of phenolic OH excluding ortho intramolecular Hbond substituents is 1. The molecular weight excluding hydrogens is 716 g/mol. The number of amides is 1. The fraction of sp³-hybridized carbons (Fsp3) is 0.667. The number of methoxy groups -OCH3 is 1. The van der Waals surface area contributed by atoms with E-state index in [0.29, 0.717) is 48.4 Å². The number of hydrogen-bond acceptors (Lipinski definition) is 7. The van der Waals surface area contributed by atoms with Crippen molar-refractivity contribution in [3.8, 4) is 11.5 Å². The molecule has 0 aromatic heterocycles. The number of fused-ring (bicyclic) bond motifs is 2. The third-order valence-electron chi connectivity index (χ3n) is 11.8. The van der Waals surface area contributed by atoms with Crippen molar-refractivity contribution < 1.29 is 23.1 Å². The van der Waals surface area contributed by atoms with Crippen LogP contribution in [0.15, 0.2) is 40.9 Å². The van der Waals surface area contributed by atoms with E-state index in [1.165, 1.54) is 10.7 Å². The van der Waals surface area contributed by atoms with E-state index in [4.69, 9.17) is 4.74 Å². The molecule has 4 fully saturated rings. The molecular formula is C39H59BrN4O5S. The van der Waals surface area contributed by atoms with E-state index in [1.54, 1.807) is 13.2 Å². The van der Waals surface area contributed by atoms with Crippen LogP contribution in [0.5, 0.6) is 11.5 Å². The van der Waals surface area contributed by atoms with Crippen molar-refractivity contribution in [2.45, 2.75) is 105 Å². The third-order valence-corrected chi connectivity index (χ3v) is 14.4. The van der Waals surface area contributed by atoms with Gasteiger partial charge in [0.15, 0.2) is 11.5 Å². The zero-order valence-corrected chi connectivity index (χ0v) is 33.9. The van der Waals surface area contributed by atoms with Gasteiger partial charge in [-0.25, -0.2) is 8.42 Å². The summed E-state index contributed by atoms with van der Waals surface area (Å²) in [5.41, 5.74) is 3.01. The van der Waals surface area contributed by atoms with Crippen LogP contribution in [0, 0.1) is 28.6 Å². The highest BCUT2D eigenvalue weighted by atomic mass is 79.9. The Hall–Kier alpha value is -2.18. The number of nitrogens with one attached hydrogen (secondary N) is 1. The van der Waals surface area contributed by atoms with Crippen molar-refractivity contribution in [3.05, 3.63) is 57.6 Å². The Kier molecular flexibility index (Phi) is 11.7. The molecule has 0 radical (unpaired) electrons. The second-order valence-corrected chi connectivity index (χ2v) is 20.1. The van der Waals surface area contributed by atoms with Gasteiger partial charge in [-0.2, -0.15) is 4.31 Å². The summed E-state index contributed by atoms with van der Waals surface area (Å²) in [6.45, 7) is 15.7. The fourth-order valence-corrected chi connectivity index (χ4v) is 11.0. The van der Waals surface area contributed by atoms with Gasteiger partial charge < -0.3 is 20.1 Å². The monoisotopic (exact) mass is 774 g/mol. The van der Waals surface area contributed by atoms with E-state index in [1.807, 2.05) is 18.2 Å². The van der Waals surface area contributed by atoms with Gasteiger partial charge in [0, 0.05) is 48.3 Å². The maximum atomic E-state index is 13.7. The van der Waals surface area contributed by atoms with Crippen LogP contribution >= 0.6 is 15.9 Å². The summed E-state index contributed by atoms with van der Waals surface area (Å²) >= 11 is 3.67. The molecule has 3 saturated carbocycles. The molecule has 1 saturated heterocycles. The van der Waals surface area contributed by atoms with Crippen molar-refractivity contribution in [2.24, 2.45) is 28.6 Å². The van der Waals surface area contributed by atoms with Crippen molar-refractivity contribution in [2.75, 3.05) is 33.5 Å². The summed E-state index contributed by atoms with van der Waals surface area (Å²) in [4.78, 5) is 18.3. The van der Waals surface area contributed by atoms with Crippen molar-refractivity contribution >= 4 is 31.9 Å². The minimum absolute atomic E-state index is 0.0189. The lowest BCUT2D eigenvalue weighted by Gasteiger charge is -2.62. The van der Waals surface area contributed by atoms with Crippen LogP contribution in [0.2, 0.25) is 0 Å². The average Bonchev–Trinajstić information content (AvgIpc) is 3.31. The first-order chi connectivity index (χ1) is 23.3. The van der Waals surface area contributed by atoms with Gasteiger partial charge in [-0.1, -0.05) is 81.7 Å². The Morgan fingerprint density at radius 2 is 1.84 bits per heavy atom. The van der Waals surface area contributed by atoms with Gasteiger partial charge in [-0.3, -0.25) is 9.69 Å². The molecule has 1 heterocycles. The first kappa shape index (κ1) is 39.0. The molecule has 50 heavy (non-hydrogen) atoms. The number of rotatable bonds is 13. The second-order valence-electron chi connectivity index (χ2n) is 17.2. The Balaban J connectivity index is 1.37. The molecule has 1 unspecified atom stereocenters. The maximum Gasteiger partial charge on any atom is 0.238 e. The molecule has 2 N–H and O–H groups in total. The van der Waals surface area contributed by atoms with E-state index in [2.05, 4.69) is 98.8 Å². The smallest absolute Gasteiger partial charge is 0.238 e. The Morgan fingerprint density at radius 1 is 1.14 bits per heavy atom. The van der Waals surface area contributed by atoms with Crippen LogP contribution in [0.25, 0.3) is 0 Å². The first-order valence-corrected chi connectivity index (χ1v) is 20.5. The second kappa shape index (κ2) is 15.0. The van der Waals surface area contributed by atoms with Gasteiger partial charge >= 0.3 is 0 Å². The molecule has 3 aliphatic carbocycles. The minimum Gasteiger partial charge on any atom is -0.504 e. The van der Waals surface area contributed by atoms with Gasteiger partial charge in [0.05, 0.1) is 12.9 Å². The van der Waals surface area contributed by atoms with Gasteiger partial charge in [0.2, 0.25) is 15.9 Å². The maximum absolute atomic E-state index is 13.7. The molecule has 6 rings (SSSR count). The van der Waals surface area contributed by atoms with Crippen molar-refractivity contribution in [1.29, 1.82) is 0 Å². The van der Waals surface area contributed by atoms with Crippen molar-refractivity contribution in [1.82, 2.24) is 19.4 Å². The zero-order chi connectivity index (χ0) is 36.8.